The van der Waals surface area contributed by atoms with Crippen LogP contribution in [-0.2, 0) is 0 Å². The first-order chi connectivity index (χ1) is 7.81. The topological polar surface area (TPSA) is 46.1 Å². The fourth-order valence-corrected chi connectivity index (χ4v) is 1.53. The molecular weight excluding hydrogens is 202 g/mol. The standard InChI is InChI=1S/C12H13N3O/c1-2-5-15(8-10-3-4-10)12(16)11-6-13-9-14-7-11/h1,6-7,9-10H,3-5,8H2. The molecular formula is C12H13N3O. The van der Waals surface area contributed by atoms with Gasteiger partial charge in [-0.25, -0.2) is 9.97 Å². The molecule has 1 fully saturated rings. The summed E-state index contributed by atoms with van der Waals surface area (Å²) in [5.74, 6) is 3.06. The Morgan fingerprint density at radius 2 is 2.19 bits per heavy atom. The maximum absolute atomic E-state index is 12.0. The molecule has 4 nitrogen and oxygen atoms in total. The van der Waals surface area contributed by atoms with Gasteiger partial charge in [-0.1, -0.05) is 5.92 Å². The number of nitrogens with zero attached hydrogens (tertiary/aromatic N) is 3. The van der Waals surface area contributed by atoms with E-state index in [1.165, 1.54) is 31.6 Å². The Balaban J connectivity index is 2.07. The second kappa shape index (κ2) is 4.75. The summed E-state index contributed by atoms with van der Waals surface area (Å²) in [5.41, 5.74) is 0.499. The van der Waals surface area contributed by atoms with Crippen LogP contribution in [0.15, 0.2) is 18.7 Å². The normalized spacial score (nSPS) is 14.2. The van der Waals surface area contributed by atoms with Crippen molar-refractivity contribution >= 4 is 5.91 Å². The van der Waals surface area contributed by atoms with Gasteiger partial charge in [0.25, 0.3) is 5.91 Å². The van der Waals surface area contributed by atoms with E-state index in [4.69, 9.17) is 6.42 Å². The summed E-state index contributed by atoms with van der Waals surface area (Å²) in [5, 5.41) is 0. The highest BCUT2D eigenvalue weighted by Gasteiger charge is 2.26. The molecule has 0 N–H and O–H groups in total. The van der Waals surface area contributed by atoms with E-state index < -0.39 is 0 Å². The number of carbonyl (C=O) groups is 1. The highest BCUT2D eigenvalue weighted by Crippen LogP contribution is 2.29. The van der Waals surface area contributed by atoms with Crippen molar-refractivity contribution in [1.82, 2.24) is 14.9 Å². The number of terminal acetylenes is 1. The summed E-state index contributed by atoms with van der Waals surface area (Å²) in [6.45, 7) is 1.10. The lowest BCUT2D eigenvalue weighted by atomic mass is 10.2. The maximum Gasteiger partial charge on any atom is 0.257 e. The van der Waals surface area contributed by atoms with Crippen molar-refractivity contribution in [2.45, 2.75) is 12.8 Å². The lowest BCUT2D eigenvalue weighted by Gasteiger charge is -2.19. The molecule has 0 aliphatic heterocycles. The monoisotopic (exact) mass is 215 g/mol. The fraction of sp³-hybridized carbons (Fsp3) is 0.417. The van der Waals surface area contributed by atoms with Gasteiger partial charge in [0.1, 0.15) is 6.33 Å². The second-order valence-electron chi connectivity index (χ2n) is 3.96. The highest BCUT2D eigenvalue weighted by atomic mass is 16.2. The summed E-state index contributed by atoms with van der Waals surface area (Å²) < 4.78 is 0. The van der Waals surface area contributed by atoms with Crippen LogP contribution in [0.3, 0.4) is 0 Å². The van der Waals surface area contributed by atoms with Gasteiger partial charge in [0.2, 0.25) is 0 Å². The lowest BCUT2D eigenvalue weighted by Crippen LogP contribution is -2.33. The van der Waals surface area contributed by atoms with Gasteiger partial charge in [-0.05, 0) is 18.8 Å². The third-order valence-corrected chi connectivity index (χ3v) is 2.55. The number of carbonyl (C=O) groups excluding carboxylic acids is 1. The SMILES string of the molecule is C#CCN(CC1CC1)C(=O)c1cncnc1. The number of aromatic nitrogens is 2. The van der Waals surface area contributed by atoms with Crippen molar-refractivity contribution in [3.8, 4) is 12.3 Å². The molecule has 0 unspecified atom stereocenters. The van der Waals surface area contributed by atoms with Gasteiger partial charge in [-0.15, -0.1) is 6.42 Å². The van der Waals surface area contributed by atoms with E-state index in [9.17, 15) is 4.79 Å². The Kier molecular flexibility index (Phi) is 3.16. The van der Waals surface area contributed by atoms with E-state index in [2.05, 4.69) is 15.9 Å². The molecule has 0 aromatic carbocycles. The Labute approximate surface area is 94.7 Å². The first kappa shape index (κ1) is 10.6. The summed E-state index contributed by atoms with van der Waals surface area (Å²) in [7, 11) is 0. The first-order valence-electron chi connectivity index (χ1n) is 5.29. The average molecular weight is 215 g/mol. The van der Waals surface area contributed by atoms with Crippen LogP contribution in [0.2, 0.25) is 0 Å². The van der Waals surface area contributed by atoms with E-state index in [0.29, 0.717) is 18.0 Å². The summed E-state index contributed by atoms with van der Waals surface area (Å²) in [6.07, 6.45) is 12.1. The van der Waals surface area contributed by atoms with E-state index in [0.717, 1.165) is 6.54 Å². The Morgan fingerprint density at radius 3 is 2.75 bits per heavy atom. The fourth-order valence-electron chi connectivity index (χ4n) is 1.53. The number of hydrogen-bond donors (Lipinski definition) is 0. The van der Waals surface area contributed by atoms with Gasteiger partial charge in [0.05, 0.1) is 12.1 Å². The van der Waals surface area contributed by atoms with Gasteiger partial charge < -0.3 is 4.90 Å². The van der Waals surface area contributed by atoms with Gasteiger partial charge in [-0.2, -0.15) is 0 Å². The van der Waals surface area contributed by atoms with Crippen molar-refractivity contribution in [3.05, 3.63) is 24.3 Å². The van der Waals surface area contributed by atoms with Gasteiger partial charge in [0, 0.05) is 18.9 Å². The minimum absolute atomic E-state index is 0.0783. The Morgan fingerprint density at radius 1 is 1.50 bits per heavy atom. The molecule has 0 atom stereocenters. The van der Waals surface area contributed by atoms with E-state index in [-0.39, 0.29) is 5.91 Å². The van der Waals surface area contributed by atoms with Crippen molar-refractivity contribution < 1.29 is 4.79 Å². The maximum atomic E-state index is 12.0. The predicted octanol–water partition coefficient (Wildman–Crippen LogP) is 0.962. The summed E-state index contributed by atoms with van der Waals surface area (Å²) in [4.78, 5) is 21.4. The first-order valence-corrected chi connectivity index (χ1v) is 5.29. The molecule has 0 spiro atoms. The van der Waals surface area contributed by atoms with Crippen molar-refractivity contribution in [1.29, 1.82) is 0 Å². The quantitative estimate of drug-likeness (QED) is 0.703. The molecule has 0 radical (unpaired) electrons. The summed E-state index contributed by atoms with van der Waals surface area (Å²) >= 11 is 0. The zero-order valence-electron chi connectivity index (χ0n) is 8.97. The zero-order chi connectivity index (χ0) is 11.4. The zero-order valence-corrected chi connectivity index (χ0v) is 8.97. The molecule has 0 saturated heterocycles. The molecule has 1 aromatic rings. The van der Waals surface area contributed by atoms with Gasteiger partial charge in [-0.3, -0.25) is 4.79 Å². The molecule has 0 bridgehead atoms. The van der Waals surface area contributed by atoms with Crippen LogP contribution in [0.4, 0.5) is 0 Å². The number of amides is 1. The third-order valence-electron chi connectivity index (χ3n) is 2.55. The van der Waals surface area contributed by atoms with Crippen LogP contribution in [0, 0.1) is 18.3 Å². The van der Waals surface area contributed by atoms with Crippen molar-refractivity contribution in [3.63, 3.8) is 0 Å². The largest absolute Gasteiger partial charge is 0.327 e. The predicted molar refractivity (Wildman–Crippen MR) is 59.5 cm³/mol. The van der Waals surface area contributed by atoms with Crippen molar-refractivity contribution in [2.75, 3.05) is 13.1 Å². The molecule has 1 saturated carbocycles. The van der Waals surface area contributed by atoms with E-state index >= 15 is 0 Å². The molecule has 1 aliphatic rings. The van der Waals surface area contributed by atoms with E-state index in [1.54, 1.807) is 4.90 Å². The van der Waals surface area contributed by atoms with Crippen LogP contribution < -0.4 is 0 Å². The molecule has 82 valence electrons. The smallest absolute Gasteiger partial charge is 0.257 e. The molecule has 2 rings (SSSR count). The minimum Gasteiger partial charge on any atom is -0.327 e. The van der Waals surface area contributed by atoms with E-state index in [1.807, 2.05) is 0 Å². The van der Waals surface area contributed by atoms with Crippen LogP contribution in [0.25, 0.3) is 0 Å². The molecule has 1 aromatic heterocycles. The molecule has 1 amide bonds. The second-order valence-corrected chi connectivity index (χ2v) is 3.96. The van der Waals surface area contributed by atoms with Crippen LogP contribution in [-0.4, -0.2) is 33.9 Å². The Hall–Kier alpha value is -1.89. The molecule has 16 heavy (non-hydrogen) atoms. The molecule has 1 aliphatic carbocycles. The highest BCUT2D eigenvalue weighted by molar-refractivity contribution is 5.93. The summed E-state index contributed by atoms with van der Waals surface area (Å²) in [6, 6.07) is 0. The average Bonchev–Trinajstić information content (AvgIpc) is 3.13. The minimum atomic E-state index is -0.0783. The Bertz CT molecular complexity index is 406. The third kappa shape index (κ3) is 2.57. The number of hydrogen-bond acceptors (Lipinski definition) is 3. The van der Waals surface area contributed by atoms with Crippen LogP contribution in [0.5, 0.6) is 0 Å². The molecule has 4 heteroatoms. The molecule has 1 heterocycles. The van der Waals surface area contributed by atoms with Crippen LogP contribution in [0.1, 0.15) is 23.2 Å². The lowest BCUT2D eigenvalue weighted by molar-refractivity contribution is 0.0769. The van der Waals surface area contributed by atoms with Crippen molar-refractivity contribution in [2.24, 2.45) is 5.92 Å². The van der Waals surface area contributed by atoms with Gasteiger partial charge >= 0.3 is 0 Å². The number of rotatable bonds is 4. The van der Waals surface area contributed by atoms with Gasteiger partial charge in [0.15, 0.2) is 0 Å². The van der Waals surface area contributed by atoms with Crippen LogP contribution >= 0.6 is 0 Å².